The first kappa shape index (κ1) is 23.5. The lowest BCUT2D eigenvalue weighted by Gasteiger charge is -2.35. The van der Waals surface area contributed by atoms with Crippen molar-refractivity contribution in [2.45, 2.75) is 57.1 Å². The van der Waals surface area contributed by atoms with E-state index < -0.39 is 17.9 Å². The Morgan fingerprint density at radius 2 is 2.21 bits per heavy atom. The Balaban J connectivity index is 1.15. The molecule has 178 valence electrons. The minimum absolute atomic E-state index is 0.134. The van der Waals surface area contributed by atoms with Crippen LogP contribution in [0, 0.1) is 5.92 Å². The summed E-state index contributed by atoms with van der Waals surface area (Å²) in [5.41, 5.74) is 2.57. The van der Waals surface area contributed by atoms with Crippen LogP contribution in [0.3, 0.4) is 0 Å². The van der Waals surface area contributed by atoms with Gasteiger partial charge in [0.15, 0.2) is 0 Å². The standard InChI is InChI=1S/C23H30ClN5O4/c1-29-20(18(24)13-26-29)22(30)28-19(23(31)32)8-10-33-17-11-14(12-17)4-6-16-7-5-15-3-2-9-25-21(15)27-16/h5,7,13-14,17,19H,2-4,6,8-12H2,1H3,(H,25,27)(H,28,30)(H,31,32)/t14?,17?,19-/m0/s1. The van der Waals surface area contributed by atoms with Crippen molar-refractivity contribution in [3.8, 4) is 0 Å². The van der Waals surface area contributed by atoms with Crippen LogP contribution in [-0.4, -0.2) is 57.0 Å². The lowest BCUT2D eigenvalue weighted by atomic mass is 9.79. The van der Waals surface area contributed by atoms with Gasteiger partial charge in [-0.1, -0.05) is 17.7 Å². The predicted octanol–water partition coefficient (Wildman–Crippen LogP) is 2.83. The number of halogens is 1. The van der Waals surface area contributed by atoms with Gasteiger partial charge in [0.05, 0.1) is 17.3 Å². The molecule has 3 N–H and O–H groups in total. The van der Waals surface area contributed by atoms with Crippen molar-refractivity contribution in [3.05, 3.63) is 40.3 Å². The largest absolute Gasteiger partial charge is 0.480 e. The molecule has 1 fully saturated rings. The summed E-state index contributed by atoms with van der Waals surface area (Å²) in [7, 11) is 1.57. The second kappa shape index (κ2) is 10.5. The Bertz CT molecular complexity index is 985. The summed E-state index contributed by atoms with van der Waals surface area (Å²) in [5, 5.41) is 19.4. The van der Waals surface area contributed by atoms with Crippen LogP contribution in [-0.2, 0) is 29.4 Å². The van der Waals surface area contributed by atoms with Gasteiger partial charge in [-0.25, -0.2) is 9.78 Å². The SMILES string of the molecule is Cn1ncc(Cl)c1C(=O)N[C@@H](CCOC1CC(CCc2ccc3c(n2)NCCC3)C1)C(=O)O. The predicted molar refractivity (Wildman–Crippen MR) is 124 cm³/mol. The summed E-state index contributed by atoms with van der Waals surface area (Å²) in [4.78, 5) is 28.7. The third kappa shape index (κ3) is 5.83. The van der Waals surface area contributed by atoms with Crippen molar-refractivity contribution in [2.24, 2.45) is 13.0 Å². The molecule has 0 unspecified atom stereocenters. The second-order valence-corrected chi connectivity index (χ2v) is 9.23. The first-order valence-electron chi connectivity index (χ1n) is 11.5. The van der Waals surface area contributed by atoms with E-state index in [1.165, 1.54) is 16.4 Å². The summed E-state index contributed by atoms with van der Waals surface area (Å²) in [6.45, 7) is 1.26. The van der Waals surface area contributed by atoms with Gasteiger partial charge in [0.2, 0.25) is 0 Å². The zero-order valence-electron chi connectivity index (χ0n) is 18.7. The smallest absolute Gasteiger partial charge is 0.326 e. The number of pyridine rings is 1. The van der Waals surface area contributed by atoms with Crippen molar-refractivity contribution < 1.29 is 19.4 Å². The quantitative estimate of drug-likeness (QED) is 0.483. The monoisotopic (exact) mass is 475 g/mol. The number of nitrogens with one attached hydrogen (secondary N) is 2. The van der Waals surface area contributed by atoms with Crippen molar-refractivity contribution in [1.29, 1.82) is 0 Å². The second-order valence-electron chi connectivity index (χ2n) is 8.83. The molecule has 1 atom stereocenters. The zero-order valence-corrected chi connectivity index (χ0v) is 19.5. The van der Waals surface area contributed by atoms with Crippen LogP contribution in [0.25, 0.3) is 0 Å². The number of anilines is 1. The minimum Gasteiger partial charge on any atom is -0.480 e. The van der Waals surface area contributed by atoms with Crippen molar-refractivity contribution in [2.75, 3.05) is 18.5 Å². The molecule has 10 heteroatoms. The van der Waals surface area contributed by atoms with E-state index in [0.29, 0.717) is 5.92 Å². The number of nitrogens with zero attached hydrogens (tertiary/aromatic N) is 3. The number of aliphatic carboxylic acids is 1. The molecule has 0 radical (unpaired) electrons. The van der Waals surface area contributed by atoms with E-state index in [1.807, 2.05) is 0 Å². The van der Waals surface area contributed by atoms with E-state index in [2.05, 4.69) is 27.9 Å². The number of rotatable bonds is 10. The molecule has 2 aromatic rings. The zero-order chi connectivity index (χ0) is 23.4. The molecule has 0 aromatic carbocycles. The van der Waals surface area contributed by atoms with Crippen LogP contribution >= 0.6 is 11.6 Å². The van der Waals surface area contributed by atoms with E-state index in [-0.39, 0.29) is 29.8 Å². The summed E-state index contributed by atoms with van der Waals surface area (Å²) in [5.74, 6) is -0.0343. The Labute approximate surface area is 197 Å². The summed E-state index contributed by atoms with van der Waals surface area (Å²) in [6.07, 6.45) is 7.91. The number of carbonyl (C=O) groups excluding carboxylic acids is 1. The van der Waals surface area contributed by atoms with Gasteiger partial charge >= 0.3 is 5.97 Å². The van der Waals surface area contributed by atoms with E-state index in [9.17, 15) is 14.7 Å². The van der Waals surface area contributed by atoms with Crippen molar-refractivity contribution in [3.63, 3.8) is 0 Å². The Morgan fingerprint density at radius 1 is 1.39 bits per heavy atom. The van der Waals surface area contributed by atoms with Crippen LogP contribution in [0.4, 0.5) is 5.82 Å². The highest BCUT2D eigenvalue weighted by Crippen LogP contribution is 2.34. The molecule has 9 nitrogen and oxygen atoms in total. The molecule has 33 heavy (non-hydrogen) atoms. The van der Waals surface area contributed by atoms with Crippen molar-refractivity contribution in [1.82, 2.24) is 20.1 Å². The molecule has 1 aliphatic heterocycles. The molecule has 4 rings (SSSR count). The Morgan fingerprint density at radius 3 is 2.94 bits per heavy atom. The van der Waals surface area contributed by atoms with Gasteiger partial charge < -0.3 is 20.5 Å². The molecule has 2 aromatic heterocycles. The van der Waals surface area contributed by atoms with E-state index in [1.54, 1.807) is 7.05 Å². The van der Waals surface area contributed by atoms with E-state index in [0.717, 1.165) is 56.6 Å². The molecule has 0 bridgehead atoms. The molecule has 1 amide bonds. The maximum Gasteiger partial charge on any atom is 0.326 e. The number of ether oxygens (including phenoxy) is 1. The molecule has 0 saturated heterocycles. The van der Waals surface area contributed by atoms with Gasteiger partial charge in [0.25, 0.3) is 5.91 Å². The summed E-state index contributed by atoms with van der Waals surface area (Å²) < 4.78 is 7.17. The average molecular weight is 476 g/mol. The minimum atomic E-state index is -1.11. The fourth-order valence-corrected chi connectivity index (χ4v) is 4.66. The molecular weight excluding hydrogens is 446 g/mol. The number of carboxylic acid groups (broad SMARTS) is 1. The first-order chi connectivity index (χ1) is 15.9. The molecule has 1 saturated carbocycles. The van der Waals surface area contributed by atoms with Crippen LogP contribution in [0.15, 0.2) is 18.3 Å². The number of aromatic nitrogens is 3. The van der Waals surface area contributed by atoms with E-state index in [4.69, 9.17) is 21.3 Å². The van der Waals surface area contributed by atoms with E-state index >= 15 is 0 Å². The van der Waals surface area contributed by atoms with Crippen LogP contribution in [0.5, 0.6) is 0 Å². The van der Waals surface area contributed by atoms with Crippen LogP contribution in [0.2, 0.25) is 5.02 Å². The van der Waals surface area contributed by atoms with Gasteiger partial charge in [-0.2, -0.15) is 5.10 Å². The maximum absolute atomic E-state index is 12.4. The van der Waals surface area contributed by atoms with Crippen molar-refractivity contribution >= 4 is 29.3 Å². The number of amides is 1. The van der Waals surface area contributed by atoms with Gasteiger partial charge in [-0.05, 0) is 56.1 Å². The lowest BCUT2D eigenvalue weighted by molar-refractivity contribution is -0.140. The highest BCUT2D eigenvalue weighted by atomic mass is 35.5. The Hall–Kier alpha value is -2.65. The molecular formula is C23H30ClN5O4. The molecule has 3 heterocycles. The number of carbonyl (C=O) groups is 2. The van der Waals surface area contributed by atoms with Gasteiger partial charge in [-0.3, -0.25) is 9.48 Å². The summed E-state index contributed by atoms with van der Waals surface area (Å²) >= 11 is 5.96. The van der Waals surface area contributed by atoms with Gasteiger partial charge in [-0.15, -0.1) is 0 Å². The highest BCUT2D eigenvalue weighted by molar-refractivity contribution is 6.33. The normalized spacial score (nSPS) is 20.3. The third-order valence-corrected chi connectivity index (χ3v) is 6.70. The Kier molecular flexibility index (Phi) is 7.49. The van der Waals surface area contributed by atoms with Gasteiger partial charge in [0, 0.05) is 32.3 Å². The summed E-state index contributed by atoms with van der Waals surface area (Å²) in [6, 6.07) is 3.27. The lowest BCUT2D eigenvalue weighted by Crippen LogP contribution is -2.43. The number of fused-ring (bicyclic) bond motifs is 1. The number of aryl methyl sites for hydroxylation is 3. The number of carboxylic acids is 1. The number of hydrogen-bond acceptors (Lipinski definition) is 6. The van der Waals surface area contributed by atoms with Crippen LogP contribution in [0.1, 0.15) is 53.8 Å². The fraction of sp³-hybridized carbons (Fsp3) is 0.565. The average Bonchev–Trinajstić information content (AvgIpc) is 3.11. The highest BCUT2D eigenvalue weighted by Gasteiger charge is 2.30. The fourth-order valence-electron chi connectivity index (χ4n) is 4.41. The topological polar surface area (TPSA) is 118 Å². The van der Waals surface area contributed by atoms with Gasteiger partial charge in [0.1, 0.15) is 17.6 Å². The maximum atomic E-state index is 12.4. The molecule has 0 spiro atoms. The first-order valence-corrected chi connectivity index (χ1v) is 11.8. The van der Waals surface area contributed by atoms with Crippen LogP contribution < -0.4 is 10.6 Å². The molecule has 2 aliphatic rings. The molecule has 1 aliphatic carbocycles. The number of hydrogen-bond donors (Lipinski definition) is 3. The third-order valence-electron chi connectivity index (χ3n) is 6.43.